The van der Waals surface area contributed by atoms with Crippen LogP contribution < -0.4 is 16.0 Å². The van der Waals surface area contributed by atoms with E-state index >= 15 is 0 Å². The smallest absolute Gasteiger partial charge is 0.234 e. The maximum Gasteiger partial charge on any atom is 0.234 e. The van der Waals surface area contributed by atoms with E-state index in [1.165, 1.54) is 12.1 Å². The molecule has 7 nitrogen and oxygen atoms in total. The van der Waals surface area contributed by atoms with Crippen molar-refractivity contribution < 1.29 is 13.6 Å². The van der Waals surface area contributed by atoms with E-state index in [4.69, 9.17) is 4.42 Å². The number of carbonyl (C=O) groups excluding carboxylic acids is 1. The predicted molar refractivity (Wildman–Crippen MR) is 117 cm³/mol. The van der Waals surface area contributed by atoms with E-state index in [2.05, 4.69) is 25.8 Å². The number of amides is 1. The number of aryl methyl sites for hydroxylation is 1. The molecule has 164 valence electrons. The molecule has 8 heteroatoms. The second kappa shape index (κ2) is 10.4. The minimum atomic E-state index is -0.266. The maximum absolute atomic E-state index is 13.5. The fourth-order valence-corrected chi connectivity index (χ4v) is 3.72. The van der Waals surface area contributed by atoms with Crippen LogP contribution in [0.4, 0.5) is 4.39 Å². The molecule has 1 amide bonds. The zero-order valence-electron chi connectivity index (χ0n) is 18.1. The molecule has 0 atom stereocenters. The number of aliphatic imine (C=N–C) groups is 1. The number of guanidine groups is 1. The molecule has 3 rings (SSSR count). The van der Waals surface area contributed by atoms with Gasteiger partial charge in [-0.05, 0) is 44.4 Å². The minimum absolute atomic E-state index is 0.0989. The molecule has 0 bridgehead atoms. The number of piperidine rings is 1. The van der Waals surface area contributed by atoms with Crippen molar-refractivity contribution in [1.29, 1.82) is 0 Å². The molecule has 0 radical (unpaired) electrons. The Balaban J connectivity index is 1.47. The lowest BCUT2D eigenvalue weighted by atomic mass is 10.1. The molecule has 1 aromatic carbocycles. The van der Waals surface area contributed by atoms with Gasteiger partial charge in [0.1, 0.15) is 17.2 Å². The second-order valence-electron chi connectivity index (χ2n) is 7.76. The Morgan fingerprint density at radius 2 is 2.07 bits per heavy atom. The third-order valence-corrected chi connectivity index (χ3v) is 5.50. The summed E-state index contributed by atoms with van der Waals surface area (Å²) in [6.45, 7) is 7.41. The summed E-state index contributed by atoms with van der Waals surface area (Å²) in [4.78, 5) is 18.4. The van der Waals surface area contributed by atoms with Crippen LogP contribution in [0.1, 0.15) is 37.5 Å². The first-order valence-electron chi connectivity index (χ1n) is 10.6. The minimum Gasteiger partial charge on any atom is -0.459 e. The Kier molecular flexibility index (Phi) is 7.68. The molecule has 2 aromatic rings. The SMILES string of the molecule is CCCNC(=O)CN1CCC(NC(=NC)NCc2oc3ccc(F)cc3c2C)CC1. The topological polar surface area (TPSA) is 81.9 Å². The highest BCUT2D eigenvalue weighted by molar-refractivity contribution is 5.83. The number of likely N-dealkylation sites (tertiary alicyclic amines) is 1. The molecule has 1 aliphatic heterocycles. The molecule has 0 aliphatic carbocycles. The molecule has 0 saturated carbocycles. The molecule has 0 unspecified atom stereocenters. The summed E-state index contributed by atoms with van der Waals surface area (Å²) in [6, 6.07) is 4.87. The van der Waals surface area contributed by atoms with E-state index in [1.807, 2.05) is 13.8 Å². The van der Waals surface area contributed by atoms with Crippen LogP contribution in [0.25, 0.3) is 11.0 Å². The van der Waals surface area contributed by atoms with Gasteiger partial charge < -0.3 is 20.4 Å². The maximum atomic E-state index is 13.5. The highest BCUT2D eigenvalue weighted by atomic mass is 19.1. The highest BCUT2D eigenvalue weighted by Crippen LogP contribution is 2.25. The molecule has 3 N–H and O–H groups in total. The van der Waals surface area contributed by atoms with Crippen molar-refractivity contribution in [3.63, 3.8) is 0 Å². The molecule has 2 heterocycles. The molecule has 0 spiro atoms. The van der Waals surface area contributed by atoms with Gasteiger partial charge in [0.25, 0.3) is 0 Å². The zero-order valence-corrected chi connectivity index (χ0v) is 18.1. The number of hydrogen-bond donors (Lipinski definition) is 3. The van der Waals surface area contributed by atoms with Crippen molar-refractivity contribution in [2.45, 2.75) is 45.7 Å². The summed E-state index contributed by atoms with van der Waals surface area (Å²) in [7, 11) is 1.74. The average molecular weight is 418 g/mol. The van der Waals surface area contributed by atoms with Crippen LogP contribution in [0, 0.1) is 12.7 Å². The monoisotopic (exact) mass is 417 g/mol. The predicted octanol–water partition coefficient (Wildman–Crippen LogP) is 2.54. The molecular weight excluding hydrogens is 385 g/mol. The number of rotatable bonds is 7. The van der Waals surface area contributed by atoms with Crippen molar-refractivity contribution in [2.75, 3.05) is 33.2 Å². The summed E-state index contributed by atoms with van der Waals surface area (Å²) in [5.74, 6) is 1.31. The zero-order chi connectivity index (χ0) is 21.5. The number of halogens is 1. The van der Waals surface area contributed by atoms with Crippen LogP contribution in [0.15, 0.2) is 27.6 Å². The Hall–Kier alpha value is -2.61. The van der Waals surface area contributed by atoms with Gasteiger partial charge >= 0.3 is 0 Å². The van der Waals surface area contributed by atoms with Gasteiger partial charge in [-0.25, -0.2) is 4.39 Å². The van der Waals surface area contributed by atoms with Crippen LogP contribution in [0.2, 0.25) is 0 Å². The van der Waals surface area contributed by atoms with Gasteiger partial charge in [0.15, 0.2) is 5.96 Å². The van der Waals surface area contributed by atoms with Crippen LogP contribution in [0.3, 0.4) is 0 Å². The van der Waals surface area contributed by atoms with Gasteiger partial charge in [-0.1, -0.05) is 6.92 Å². The van der Waals surface area contributed by atoms with E-state index < -0.39 is 0 Å². The lowest BCUT2D eigenvalue weighted by Gasteiger charge is -2.32. The van der Waals surface area contributed by atoms with Crippen LogP contribution in [0.5, 0.6) is 0 Å². The highest BCUT2D eigenvalue weighted by Gasteiger charge is 2.21. The third-order valence-electron chi connectivity index (χ3n) is 5.50. The van der Waals surface area contributed by atoms with Gasteiger partial charge in [0.05, 0.1) is 13.1 Å². The summed E-state index contributed by atoms with van der Waals surface area (Å²) in [5.41, 5.74) is 1.62. The third kappa shape index (κ3) is 5.72. The number of benzene rings is 1. The van der Waals surface area contributed by atoms with E-state index in [1.54, 1.807) is 13.1 Å². The Labute approximate surface area is 177 Å². The molecule has 30 heavy (non-hydrogen) atoms. The van der Waals surface area contributed by atoms with Crippen molar-refractivity contribution in [3.8, 4) is 0 Å². The normalized spacial score (nSPS) is 16.1. The number of carbonyl (C=O) groups is 1. The fourth-order valence-electron chi connectivity index (χ4n) is 3.72. The number of nitrogens with zero attached hydrogens (tertiary/aromatic N) is 2. The number of nitrogens with one attached hydrogen (secondary N) is 3. The molecule has 1 aromatic heterocycles. The van der Waals surface area contributed by atoms with Crippen LogP contribution >= 0.6 is 0 Å². The standard InChI is InChI=1S/C22H32FN5O2/c1-4-9-25-21(29)14-28-10-7-17(8-11-28)27-22(24-3)26-13-20-15(2)18-12-16(23)5-6-19(18)30-20/h5-6,12,17H,4,7-11,13-14H2,1-3H3,(H,25,29)(H2,24,26,27). The van der Waals surface area contributed by atoms with Crippen molar-refractivity contribution in [1.82, 2.24) is 20.9 Å². The van der Waals surface area contributed by atoms with Crippen LogP contribution in [-0.4, -0.2) is 56.0 Å². The van der Waals surface area contributed by atoms with Crippen LogP contribution in [-0.2, 0) is 11.3 Å². The van der Waals surface area contributed by atoms with Crippen molar-refractivity contribution in [2.24, 2.45) is 4.99 Å². The van der Waals surface area contributed by atoms with Gasteiger partial charge in [-0.3, -0.25) is 14.7 Å². The molecular formula is C22H32FN5O2. The molecule has 1 aliphatic rings. The molecule has 1 fully saturated rings. The molecule has 1 saturated heterocycles. The van der Waals surface area contributed by atoms with E-state index in [0.717, 1.165) is 55.6 Å². The lowest BCUT2D eigenvalue weighted by molar-refractivity contribution is -0.122. The van der Waals surface area contributed by atoms with E-state index in [0.29, 0.717) is 30.7 Å². The first-order chi connectivity index (χ1) is 14.5. The summed E-state index contributed by atoms with van der Waals surface area (Å²) < 4.78 is 19.4. The first-order valence-corrected chi connectivity index (χ1v) is 10.6. The average Bonchev–Trinajstić information content (AvgIpc) is 3.06. The van der Waals surface area contributed by atoms with Crippen molar-refractivity contribution >= 4 is 22.8 Å². The van der Waals surface area contributed by atoms with E-state index in [9.17, 15) is 9.18 Å². The fraction of sp³-hybridized carbons (Fsp3) is 0.545. The lowest BCUT2D eigenvalue weighted by Crippen LogP contribution is -2.50. The van der Waals surface area contributed by atoms with Gasteiger partial charge in [0, 0.05) is 43.7 Å². The summed E-state index contributed by atoms with van der Waals surface area (Å²) in [5, 5.41) is 10.5. The summed E-state index contributed by atoms with van der Waals surface area (Å²) in [6.07, 6.45) is 2.85. The second-order valence-corrected chi connectivity index (χ2v) is 7.76. The Bertz CT molecular complexity index is 887. The van der Waals surface area contributed by atoms with Gasteiger partial charge in [-0.2, -0.15) is 0 Å². The first kappa shape index (κ1) is 22.1. The quantitative estimate of drug-likeness (QED) is 0.476. The van der Waals surface area contributed by atoms with Crippen molar-refractivity contribution in [3.05, 3.63) is 35.3 Å². The Morgan fingerprint density at radius 3 is 2.77 bits per heavy atom. The van der Waals surface area contributed by atoms with Gasteiger partial charge in [0.2, 0.25) is 5.91 Å². The summed E-state index contributed by atoms with van der Waals surface area (Å²) >= 11 is 0. The van der Waals surface area contributed by atoms with Gasteiger partial charge in [-0.15, -0.1) is 0 Å². The number of hydrogen-bond acceptors (Lipinski definition) is 4. The number of fused-ring (bicyclic) bond motifs is 1. The van der Waals surface area contributed by atoms with E-state index in [-0.39, 0.29) is 11.7 Å². The largest absolute Gasteiger partial charge is 0.459 e. The number of furan rings is 1. The Morgan fingerprint density at radius 1 is 1.30 bits per heavy atom.